The minimum atomic E-state index is -0.321. The standard InChI is InChI=1S/C19H20FN3O3/c1-12(13-4-6-15(20)7-5-13)22-17(24)11-26-18-9-8-16(10-21-18)23-19(25)14-2-3-14/h4-10,12,14H,2-3,11H2,1H3,(H,22,24)(H,23,25)/t12-/m0/s1. The van der Waals surface area contributed by atoms with Gasteiger partial charge in [0.05, 0.1) is 17.9 Å². The molecule has 1 aliphatic carbocycles. The average molecular weight is 357 g/mol. The van der Waals surface area contributed by atoms with Crippen LogP contribution in [-0.2, 0) is 9.59 Å². The maximum absolute atomic E-state index is 12.9. The summed E-state index contributed by atoms with van der Waals surface area (Å²) in [4.78, 5) is 27.7. The lowest BCUT2D eigenvalue weighted by molar-refractivity contribution is -0.123. The number of pyridine rings is 1. The molecule has 1 atom stereocenters. The molecule has 0 saturated heterocycles. The second-order valence-electron chi connectivity index (χ2n) is 6.28. The van der Waals surface area contributed by atoms with Crippen molar-refractivity contribution >= 4 is 17.5 Å². The van der Waals surface area contributed by atoms with Crippen LogP contribution in [-0.4, -0.2) is 23.4 Å². The Bertz CT molecular complexity index is 774. The molecule has 1 fully saturated rings. The van der Waals surface area contributed by atoms with Crippen molar-refractivity contribution in [3.63, 3.8) is 0 Å². The molecule has 0 radical (unpaired) electrons. The number of carbonyl (C=O) groups excluding carboxylic acids is 2. The smallest absolute Gasteiger partial charge is 0.258 e. The molecule has 2 aromatic rings. The summed E-state index contributed by atoms with van der Waals surface area (Å²) in [5.74, 6) is -0.209. The van der Waals surface area contributed by atoms with E-state index in [0.29, 0.717) is 11.6 Å². The van der Waals surface area contributed by atoms with E-state index < -0.39 is 0 Å². The maximum Gasteiger partial charge on any atom is 0.258 e. The number of amides is 2. The van der Waals surface area contributed by atoms with Crippen LogP contribution in [0.4, 0.5) is 10.1 Å². The summed E-state index contributed by atoms with van der Waals surface area (Å²) < 4.78 is 18.3. The van der Waals surface area contributed by atoms with Crippen LogP contribution >= 0.6 is 0 Å². The zero-order valence-electron chi connectivity index (χ0n) is 14.4. The van der Waals surface area contributed by atoms with Gasteiger partial charge in [-0.25, -0.2) is 9.37 Å². The fourth-order valence-corrected chi connectivity index (χ4v) is 2.39. The average Bonchev–Trinajstić information content (AvgIpc) is 3.47. The van der Waals surface area contributed by atoms with E-state index in [1.165, 1.54) is 18.3 Å². The van der Waals surface area contributed by atoms with Crippen LogP contribution in [0.5, 0.6) is 5.88 Å². The van der Waals surface area contributed by atoms with Crippen molar-refractivity contribution in [3.05, 3.63) is 54.0 Å². The van der Waals surface area contributed by atoms with Crippen molar-refractivity contribution in [2.75, 3.05) is 11.9 Å². The van der Waals surface area contributed by atoms with Gasteiger partial charge in [0.1, 0.15) is 5.82 Å². The van der Waals surface area contributed by atoms with Crippen LogP contribution in [0, 0.1) is 11.7 Å². The first-order valence-electron chi connectivity index (χ1n) is 8.46. The monoisotopic (exact) mass is 357 g/mol. The summed E-state index contributed by atoms with van der Waals surface area (Å²) in [7, 11) is 0. The zero-order chi connectivity index (χ0) is 18.5. The third kappa shape index (κ3) is 5.02. The van der Waals surface area contributed by atoms with E-state index in [-0.39, 0.29) is 36.2 Å². The van der Waals surface area contributed by atoms with Crippen LogP contribution < -0.4 is 15.4 Å². The Morgan fingerprint density at radius 1 is 1.23 bits per heavy atom. The SMILES string of the molecule is C[C@H](NC(=O)COc1ccc(NC(=O)C2CC2)cn1)c1ccc(F)cc1. The number of rotatable bonds is 7. The molecule has 2 amide bonds. The van der Waals surface area contributed by atoms with Gasteiger partial charge in [-0.3, -0.25) is 9.59 Å². The number of carbonyl (C=O) groups is 2. The predicted molar refractivity (Wildman–Crippen MR) is 94.0 cm³/mol. The van der Waals surface area contributed by atoms with Crippen LogP contribution in [0.3, 0.4) is 0 Å². The Balaban J connectivity index is 1.44. The van der Waals surface area contributed by atoms with Gasteiger partial charge in [-0.15, -0.1) is 0 Å². The normalized spacial score (nSPS) is 14.4. The lowest BCUT2D eigenvalue weighted by Crippen LogP contribution is -2.31. The molecule has 1 aliphatic rings. The molecule has 0 bridgehead atoms. The predicted octanol–water partition coefficient (Wildman–Crippen LogP) is 2.83. The molecule has 1 aromatic carbocycles. The Morgan fingerprint density at radius 3 is 2.58 bits per heavy atom. The molecule has 6 nitrogen and oxygen atoms in total. The lowest BCUT2D eigenvalue weighted by Gasteiger charge is -2.14. The van der Waals surface area contributed by atoms with E-state index in [2.05, 4.69) is 15.6 Å². The third-order valence-electron chi connectivity index (χ3n) is 4.05. The van der Waals surface area contributed by atoms with Crippen molar-refractivity contribution in [2.24, 2.45) is 5.92 Å². The summed E-state index contributed by atoms with van der Waals surface area (Å²) >= 11 is 0. The number of ether oxygens (including phenoxy) is 1. The minimum Gasteiger partial charge on any atom is -0.468 e. The van der Waals surface area contributed by atoms with E-state index in [1.54, 1.807) is 31.2 Å². The Morgan fingerprint density at radius 2 is 1.96 bits per heavy atom. The summed E-state index contributed by atoms with van der Waals surface area (Å²) in [6.45, 7) is 1.62. The summed E-state index contributed by atoms with van der Waals surface area (Å²) in [6, 6.07) is 8.96. The number of anilines is 1. The highest BCUT2D eigenvalue weighted by Crippen LogP contribution is 2.30. The van der Waals surface area contributed by atoms with E-state index in [4.69, 9.17) is 4.74 Å². The van der Waals surface area contributed by atoms with Gasteiger partial charge in [-0.1, -0.05) is 12.1 Å². The number of nitrogens with zero attached hydrogens (tertiary/aromatic N) is 1. The molecule has 136 valence electrons. The van der Waals surface area contributed by atoms with Gasteiger partial charge in [0.25, 0.3) is 5.91 Å². The fraction of sp³-hybridized carbons (Fsp3) is 0.316. The van der Waals surface area contributed by atoms with Gasteiger partial charge >= 0.3 is 0 Å². The third-order valence-corrected chi connectivity index (χ3v) is 4.05. The first-order valence-corrected chi connectivity index (χ1v) is 8.46. The van der Waals surface area contributed by atoms with Gasteiger partial charge in [0.15, 0.2) is 6.61 Å². The zero-order valence-corrected chi connectivity index (χ0v) is 14.4. The highest BCUT2D eigenvalue weighted by Gasteiger charge is 2.29. The first-order chi connectivity index (χ1) is 12.5. The maximum atomic E-state index is 12.9. The first kappa shape index (κ1) is 17.8. The second-order valence-corrected chi connectivity index (χ2v) is 6.28. The number of hydrogen-bond donors (Lipinski definition) is 2. The molecule has 26 heavy (non-hydrogen) atoms. The van der Waals surface area contributed by atoms with Gasteiger partial charge in [0.2, 0.25) is 11.8 Å². The van der Waals surface area contributed by atoms with Crippen molar-refractivity contribution in [1.82, 2.24) is 10.3 Å². The largest absolute Gasteiger partial charge is 0.468 e. The molecule has 1 heterocycles. The summed E-state index contributed by atoms with van der Waals surface area (Å²) in [5.41, 5.74) is 1.40. The molecule has 0 spiro atoms. The molecular weight excluding hydrogens is 337 g/mol. The Hall–Kier alpha value is -2.96. The Kier molecular flexibility index (Phi) is 5.46. The summed E-state index contributed by atoms with van der Waals surface area (Å²) in [6.07, 6.45) is 3.37. The Labute approximate surface area is 150 Å². The van der Waals surface area contributed by atoms with E-state index in [9.17, 15) is 14.0 Å². The van der Waals surface area contributed by atoms with Crippen molar-refractivity contribution < 1.29 is 18.7 Å². The molecule has 2 N–H and O–H groups in total. The number of nitrogens with one attached hydrogen (secondary N) is 2. The van der Waals surface area contributed by atoms with Crippen LogP contribution in [0.25, 0.3) is 0 Å². The van der Waals surface area contributed by atoms with E-state index >= 15 is 0 Å². The van der Waals surface area contributed by atoms with Crippen molar-refractivity contribution in [1.29, 1.82) is 0 Å². The molecule has 7 heteroatoms. The number of halogens is 1. The number of hydrogen-bond acceptors (Lipinski definition) is 4. The van der Waals surface area contributed by atoms with Crippen LogP contribution in [0.1, 0.15) is 31.4 Å². The molecular formula is C19H20FN3O3. The second kappa shape index (κ2) is 7.95. The number of aromatic nitrogens is 1. The fourth-order valence-electron chi connectivity index (χ4n) is 2.39. The highest BCUT2D eigenvalue weighted by atomic mass is 19.1. The minimum absolute atomic E-state index is 0.00891. The van der Waals surface area contributed by atoms with Crippen molar-refractivity contribution in [3.8, 4) is 5.88 Å². The van der Waals surface area contributed by atoms with E-state index in [1.807, 2.05) is 0 Å². The molecule has 1 aromatic heterocycles. The highest BCUT2D eigenvalue weighted by molar-refractivity contribution is 5.93. The number of benzene rings is 1. The molecule has 0 aliphatic heterocycles. The van der Waals surface area contributed by atoms with E-state index in [0.717, 1.165) is 18.4 Å². The van der Waals surface area contributed by atoms with Gasteiger partial charge in [-0.2, -0.15) is 0 Å². The van der Waals surface area contributed by atoms with Crippen molar-refractivity contribution in [2.45, 2.75) is 25.8 Å². The van der Waals surface area contributed by atoms with Crippen LogP contribution in [0.2, 0.25) is 0 Å². The molecule has 1 saturated carbocycles. The van der Waals surface area contributed by atoms with Crippen LogP contribution in [0.15, 0.2) is 42.6 Å². The molecule has 0 unspecified atom stereocenters. The summed E-state index contributed by atoms with van der Waals surface area (Å²) in [5, 5.41) is 5.55. The van der Waals surface area contributed by atoms with Gasteiger partial charge in [0, 0.05) is 12.0 Å². The lowest BCUT2D eigenvalue weighted by atomic mass is 10.1. The van der Waals surface area contributed by atoms with Gasteiger partial charge < -0.3 is 15.4 Å². The molecule has 3 rings (SSSR count). The topological polar surface area (TPSA) is 80.3 Å². The quantitative estimate of drug-likeness (QED) is 0.798. The van der Waals surface area contributed by atoms with Gasteiger partial charge in [-0.05, 0) is 43.5 Å².